The van der Waals surface area contributed by atoms with Gasteiger partial charge in [-0.05, 0) is 35.4 Å². The first-order chi connectivity index (χ1) is 18.6. The Morgan fingerprint density at radius 3 is 2.28 bits per heavy atom. The number of carbonyl (C=O) groups is 3. The molecule has 1 aliphatic rings. The molecule has 0 saturated carbocycles. The van der Waals surface area contributed by atoms with Crippen LogP contribution in [0.2, 0.25) is 0 Å². The lowest BCUT2D eigenvalue weighted by atomic mass is 10.0. The monoisotopic (exact) mass is 538 g/mol. The number of aliphatic imine (C=N–C) groups is 1. The molecule has 202 valence electrons. The molecule has 3 aromatic rings. The van der Waals surface area contributed by atoms with Crippen LogP contribution in [0.3, 0.4) is 0 Å². The molecule has 4 rings (SSSR count). The number of halogens is 3. The van der Waals surface area contributed by atoms with E-state index in [-0.39, 0.29) is 30.2 Å². The number of morpholine rings is 1. The fourth-order valence-corrected chi connectivity index (χ4v) is 4.06. The van der Waals surface area contributed by atoms with Gasteiger partial charge in [-0.2, -0.15) is 18.2 Å². The van der Waals surface area contributed by atoms with Crippen LogP contribution >= 0.6 is 0 Å². The first kappa shape index (κ1) is 27.5. The maximum atomic E-state index is 13.4. The number of hydrogen-bond acceptors (Lipinski definition) is 4. The van der Waals surface area contributed by atoms with Crippen LogP contribution in [0.4, 0.5) is 13.2 Å². The third kappa shape index (κ3) is 6.88. The standard InChI is InChI=1S/C28H25F3N4O4/c29-28(30,31)27(38)34-24(32)19-9-11-20(12-10-19)25(36)33-16-23-17-39-14-13-35(23)26(37)22-8-4-7-21(15-22)18-5-2-1-3-6-18/h1-12,15,23H,13-14,16-17H2,(H,33,36)(H2,32,34,38). The van der Waals surface area contributed by atoms with Gasteiger partial charge in [-0.3, -0.25) is 14.4 Å². The molecular weight excluding hydrogens is 513 g/mol. The molecule has 0 aliphatic carbocycles. The van der Waals surface area contributed by atoms with Crippen molar-refractivity contribution in [3.05, 3.63) is 95.6 Å². The first-order valence-corrected chi connectivity index (χ1v) is 12.0. The smallest absolute Gasteiger partial charge is 0.383 e. The summed E-state index contributed by atoms with van der Waals surface area (Å²) in [6, 6.07) is 21.9. The Kier molecular flexibility index (Phi) is 8.40. The van der Waals surface area contributed by atoms with Crippen LogP contribution in [-0.2, 0) is 9.53 Å². The molecule has 1 saturated heterocycles. The van der Waals surface area contributed by atoms with Gasteiger partial charge in [0.25, 0.3) is 11.8 Å². The van der Waals surface area contributed by atoms with E-state index in [0.717, 1.165) is 11.1 Å². The van der Waals surface area contributed by atoms with Crippen molar-refractivity contribution >= 4 is 23.6 Å². The first-order valence-electron chi connectivity index (χ1n) is 12.0. The van der Waals surface area contributed by atoms with Gasteiger partial charge in [-0.1, -0.05) is 54.6 Å². The lowest BCUT2D eigenvalue weighted by Crippen LogP contribution is -2.53. The maximum absolute atomic E-state index is 13.4. The van der Waals surface area contributed by atoms with E-state index in [4.69, 9.17) is 10.5 Å². The summed E-state index contributed by atoms with van der Waals surface area (Å²) in [7, 11) is 0. The van der Waals surface area contributed by atoms with Gasteiger partial charge in [0.05, 0.1) is 19.3 Å². The van der Waals surface area contributed by atoms with Gasteiger partial charge in [-0.25, -0.2) is 0 Å². The highest BCUT2D eigenvalue weighted by molar-refractivity contribution is 6.05. The molecule has 3 aromatic carbocycles. The molecule has 0 radical (unpaired) electrons. The van der Waals surface area contributed by atoms with Crippen molar-refractivity contribution in [3.63, 3.8) is 0 Å². The Labute approximate surface area is 222 Å². The van der Waals surface area contributed by atoms with E-state index in [1.54, 1.807) is 11.0 Å². The molecule has 1 unspecified atom stereocenters. The minimum Gasteiger partial charge on any atom is -0.383 e. The molecule has 1 fully saturated rings. The minimum atomic E-state index is -5.13. The van der Waals surface area contributed by atoms with Crippen LogP contribution in [0.5, 0.6) is 0 Å². The van der Waals surface area contributed by atoms with Crippen molar-refractivity contribution in [3.8, 4) is 11.1 Å². The molecule has 1 heterocycles. The molecule has 0 aromatic heterocycles. The molecule has 1 aliphatic heterocycles. The van der Waals surface area contributed by atoms with Crippen molar-refractivity contribution in [2.75, 3.05) is 26.3 Å². The summed E-state index contributed by atoms with van der Waals surface area (Å²) in [5, 5.41) is 2.77. The number of carbonyl (C=O) groups excluding carboxylic acids is 3. The van der Waals surface area contributed by atoms with Gasteiger partial charge < -0.3 is 20.7 Å². The SMILES string of the molecule is NC(=NC(=O)C(F)(F)F)c1ccc(C(=O)NCC2COCCN2C(=O)c2cccc(-c3ccccc3)c2)cc1. The van der Waals surface area contributed by atoms with Gasteiger partial charge in [0.1, 0.15) is 5.84 Å². The number of ether oxygens (including phenoxy) is 1. The Morgan fingerprint density at radius 1 is 0.923 bits per heavy atom. The van der Waals surface area contributed by atoms with E-state index in [1.165, 1.54) is 24.3 Å². The number of nitrogens with one attached hydrogen (secondary N) is 1. The number of hydrogen-bond donors (Lipinski definition) is 2. The second-order valence-corrected chi connectivity index (χ2v) is 8.76. The Balaban J connectivity index is 1.40. The van der Waals surface area contributed by atoms with Crippen LogP contribution in [0.15, 0.2) is 83.9 Å². The lowest BCUT2D eigenvalue weighted by molar-refractivity contribution is -0.169. The highest BCUT2D eigenvalue weighted by Gasteiger charge is 2.38. The summed E-state index contributed by atoms with van der Waals surface area (Å²) in [5.74, 6) is -3.58. The summed E-state index contributed by atoms with van der Waals surface area (Å²) in [5.41, 5.74) is 8.17. The molecule has 39 heavy (non-hydrogen) atoms. The number of nitrogens with two attached hydrogens (primary N) is 1. The third-order valence-electron chi connectivity index (χ3n) is 6.11. The third-order valence-corrected chi connectivity index (χ3v) is 6.11. The van der Waals surface area contributed by atoms with Crippen LogP contribution in [0.25, 0.3) is 11.1 Å². The molecule has 3 N–H and O–H groups in total. The van der Waals surface area contributed by atoms with E-state index in [1.807, 2.05) is 48.5 Å². The van der Waals surface area contributed by atoms with E-state index < -0.39 is 29.9 Å². The summed E-state index contributed by atoms with van der Waals surface area (Å²) in [6.45, 7) is 1.09. The average Bonchev–Trinajstić information content (AvgIpc) is 2.95. The van der Waals surface area contributed by atoms with Crippen molar-refractivity contribution in [1.29, 1.82) is 0 Å². The Bertz CT molecular complexity index is 1380. The largest absolute Gasteiger partial charge is 0.473 e. The highest BCUT2D eigenvalue weighted by Crippen LogP contribution is 2.22. The lowest BCUT2D eigenvalue weighted by Gasteiger charge is -2.35. The summed E-state index contributed by atoms with van der Waals surface area (Å²) in [6.07, 6.45) is -5.13. The summed E-state index contributed by atoms with van der Waals surface area (Å²) in [4.78, 5) is 41.6. The van der Waals surface area contributed by atoms with Crippen LogP contribution < -0.4 is 11.1 Å². The average molecular weight is 539 g/mol. The molecular formula is C28H25F3N4O4. The molecule has 8 nitrogen and oxygen atoms in total. The zero-order chi connectivity index (χ0) is 28.0. The summed E-state index contributed by atoms with van der Waals surface area (Å²) >= 11 is 0. The van der Waals surface area contributed by atoms with Crippen LogP contribution in [0.1, 0.15) is 26.3 Å². The normalized spacial score (nSPS) is 16.0. The van der Waals surface area contributed by atoms with Crippen LogP contribution in [0, 0.1) is 0 Å². The van der Waals surface area contributed by atoms with Crippen molar-refractivity contribution in [1.82, 2.24) is 10.2 Å². The van der Waals surface area contributed by atoms with Gasteiger partial charge in [-0.15, -0.1) is 0 Å². The fourth-order valence-electron chi connectivity index (χ4n) is 4.06. The number of benzene rings is 3. The number of alkyl halides is 3. The van der Waals surface area contributed by atoms with Gasteiger partial charge in [0.15, 0.2) is 0 Å². The quantitative estimate of drug-likeness (QED) is 0.369. The van der Waals surface area contributed by atoms with E-state index >= 15 is 0 Å². The summed E-state index contributed by atoms with van der Waals surface area (Å²) < 4.78 is 42.7. The predicted molar refractivity (Wildman–Crippen MR) is 138 cm³/mol. The second kappa shape index (κ2) is 11.9. The molecule has 0 bridgehead atoms. The molecule has 0 spiro atoms. The fraction of sp³-hybridized carbons (Fsp3) is 0.214. The minimum absolute atomic E-state index is 0.0549. The zero-order valence-electron chi connectivity index (χ0n) is 20.6. The molecule has 3 amide bonds. The maximum Gasteiger partial charge on any atom is 0.473 e. The Morgan fingerprint density at radius 2 is 1.59 bits per heavy atom. The van der Waals surface area contributed by atoms with Gasteiger partial charge in [0, 0.05) is 29.8 Å². The number of amides is 3. The van der Waals surface area contributed by atoms with E-state index in [2.05, 4.69) is 10.3 Å². The number of nitrogens with zero attached hydrogens (tertiary/aromatic N) is 2. The topological polar surface area (TPSA) is 114 Å². The second-order valence-electron chi connectivity index (χ2n) is 8.76. The van der Waals surface area contributed by atoms with Crippen LogP contribution in [-0.4, -0.2) is 67.0 Å². The van der Waals surface area contributed by atoms with E-state index in [9.17, 15) is 27.6 Å². The molecule has 1 atom stereocenters. The predicted octanol–water partition coefficient (Wildman–Crippen LogP) is 3.42. The highest BCUT2D eigenvalue weighted by atomic mass is 19.4. The van der Waals surface area contributed by atoms with Crippen molar-refractivity contribution in [2.24, 2.45) is 10.7 Å². The van der Waals surface area contributed by atoms with Gasteiger partial charge in [0.2, 0.25) is 0 Å². The zero-order valence-corrected chi connectivity index (χ0v) is 20.6. The molecule has 11 heteroatoms. The van der Waals surface area contributed by atoms with Crippen molar-refractivity contribution < 1.29 is 32.3 Å². The number of rotatable bonds is 6. The van der Waals surface area contributed by atoms with E-state index in [0.29, 0.717) is 18.7 Å². The van der Waals surface area contributed by atoms with Gasteiger partial charge >= 0.3 is 12.1 Å². The Hall–Kier alpha value is -4.51. The van der Waals surface area contributed by atoms with Crippen molar-refractivity contribution in [2.45, 2.75) is 12.2 Å². The number of amidine groups is 1.